The minimum Gasteiger partial charge on any atom is -0.329 e. The summed E-state index contributed by atoms with van der Waals surface area (Å²) in [6.07, 6.45) is 0. The fraction of sp³-hybridized carbons (Fsp3) is 0.571. The van der Waals surface area contributed by atoms with Gasteiger partial charge in [-0.1, -0.05) is 37.3 Å². The van der Waals surface area contributed by atoms with Crippen molar-refractivity contribution < 1.29 is 0 Å². The van der Waals surface area contributed by atoms with Gasteiger partial charge in [0.2, 0.25) is 0 Å². The maximum Gasteiger partial charge on any atom is 0.0475 e. The zero-order valence-electron chi connectivity index (χ0n) is 10.9. The van der Waals surface area contributed by atoms with E-state index in [1.165, 1.54) is 5.56 Å². The van der Waals surface area contributed by atoms with E-state index in [1.54, 1.807) is 0 Å². The predicted molar refractivity (Wildman–Crippen MR) is 70.4 cm³/mol. The molecule has 2 nitrogen and oxygen atoms in total. The molecule has 2 heteroatoms. The van der Waals surface area contributed by atoms with Crippen LogP contribution in [-0.4, -0.2) is 23.5 Å². The van der Waals surface area contributed by atoms with E-state index in [2.05, 4.69) is 56.9 Å². The third kappa shape index (κ3) is 3.06. The molecule has 0 amide bonds. The van der Waals surface area contributed by atoms with Crippen LogP contribution in [0.2, 0.25) is 0 Å². The van der Waals surface area contributed by atoms with Crippen LogP contribution < -0.4 is 5.73 Å². The van der Waals surface area contributed by atoms with Crippen molar-refractivity contribution in [2.75, 3.05) is 13.1 Å². The molecule has 0 saturated carbocycles. The van der Waals surface area contributed by atoms with E-state index in [9.17, 15) is 0 Å². The number of benzene rings is 1. The Balaban J connectivity index is 2.97. The molecule has 0 bridgehead atoms. The lowest BCUT2D eigenvalue weighted by Crippen LogP contribution is -2.46. The molecule has 1 atom stereocenters. The summed E-state index contributed by atoms with van der Waals surface area (Å²) >= 11 is 0. The summed E-state index contributed by atoms with van der Waals surface area (Å²) in [5, 5.41) is 0. The predicted octanol–water partition coefficient (Wildman–Crippen LogP) is 2.81. The van der Waals surface area contributed by atoms with E-state index >= 15 is 0 Å². The molecule has 0 saturated heterocycles. The first-order valence-electron chi connectivity index (χ1n) is 6.02. The lowest BCUT2D eigenvalue weighted by molar-refractivity contribution is 0.0919. The second-order valence-electron chi connectivity index (χ2n) is 5.12. The Morgan fingerprint density at radius 3 is 2.12 bits per heavy atom. The average molecular weight is 220 g/mol. The van der Waals surface area contributed by atoms with Gasteiger partial charge in [0.15, 0.2) is 0 Å². The molecule has 0 aliphatic carbocycles. The Kier molecular flexibility index (Phi) is 4.51. The molecular formula is C14H24N2. The van der Waals surface area contributed by atoms with Gasteiger partial charge in [-0.3, -0.25) is 4.90 Å². The molecule has 0 spiro atoms. The van der Waals surface area contributed by atoms with E-state index in [0.717, 1.165) is 6.54 Å². The van der Waals surface area contributed by atoms with Gasteiger partial charge in [0, 0.05) is 18.1 Å². The number of nitrogens with two attached hydrogens (primary N) is 1. The standard InChI is InChI=1S/C14H24N2/c1-5-16(14(2,3)4)13(11-15)12-9-7-6-8-10-12/h6-10,13H,5,11,15H2,1-4H3. The molecule has 0 aromatic heterocycles. The van der Waals surface area contributed by atoms with Crippen molar-refractivity contribution in [3.8, 4) is 0 Å². The van der Waals surface area contributed by atoms with E-state index < -0.39 is 0 Å². The third-order valence-electron chi connectivity index (χ3n) is 2.99. The van der Waals surface area contributed by atoms with Crippen molar-refractivity contribution in [2.45, 2.75) is 39.3 Å². The normalized spacial score (nSPS) is 14.1. The number of rotatable bonds is 4. The van der Waals surface area contributed by atoms with Crippen molar-refractivity contribution in [3.05, 3.63) is 35.9 Å². The zero-order valence-corrected chi connectivity index (χ0v) is 10.9. The molecule has 1 aromatic carbocycles. The SMILES string of the molecule is CCN(C(CN)c1ccccc1)C(C)(C)C. The van der Waals surface area contributed by atoms with Gasteiger partial charge < -0.3 is 5.73 Å². The Labute approximate surface area is 99.5 Å². The first kappa shape index (κ1) is 13.2. The summed E-state index contributed by atoms with van der Waals surface area (Å²) in [6, 6.07) is 10.8. The molecule has 0 aliphatic rings. The molecule has 16 heavy (non-hydrogen) atoms. The highest BCUT2D eigenvalue weighted by Gasteiger charge is 2.27. The summed E-state index contributed by atoms with van der Waals surface area (Å²) in [7, 11) is 0. The van der Waals surface area contributed by atoms with Gasteiger partial charge in [-0.05, 0) is 32.9 Å². The first-order valence-corrected chi connectivity index (χ1v) is 6.02. The van der Waals surface area contributed by atoms with E-state index in [1.807, 2.05) is 6.07 Å². The van der Waals surface area contributed by atoms with E-state index in [-0.39, 0.29) is 5.54 Å². The maximum atomic E-state index is 5.94. The monoisotopic (exact) mass is 220 g/mol. The van der Waals surface area contributed by atoms with Gasteiger partial charge >= 0.3 is 0 Å². The van der Waals surface area contributed by atoms with Crippen molar-refractivity contribution in [2.24, 2.45) is 5.73 Å². The number of likely N-dealkylation sites (N-methyl/N-ethyl adjacent to an activating group) is 1. The van der Waals surface area contributed by atoms with Crippen molar-refractivity contribution in [1.29, 1.82) is 0 Å². The summed E-state index contributed by atoms with van der Waals surface area (Å²) in [4.78, 5) is 2.45. The maximum absolute atomic E-state index is 5.94. The Bertz CT molecular complexity index is 300. The topological polar surface area (TPSA) is 29.3 Å². The van der Waals surface area contributed by atoms with Gasteiger partial charge in [0.05, 0.1) is 0 Å². The van der Waals surface area contributed by atoms with Crippen LogP contribution in [0.25, 0.3) is 0 Å². The molecule has 90 valence electrons. The number of hydrogen-bond acceptors (Lipinski definition) is 2. The highest BCUT2D eigenvalue weighted by Crippen LogP contribution is 2.26. The lowest BCUT2D eigenvalue weighted by atomic mass is 9.98. The molecule has 2 N–H and O–H groups in total. The fourth-order valence-corrected chi connectivity index (χ4v) is 2.28. The molecular weight excluding hydrogens is 196 g/mol. The summed E-state index contributed by atoms with van der Waals surface area (Å²) in [5.74, 6) is 0. The lowest BCUT2D eigenvalue weighted by Gasteiger charge is -2.41. The van der Waals surface area contributed by atoms with Crippen LogP contribution in [0.1, 0.15) is 39.3 Å². The zero-order chi connectivity index (χ0) is 12.2. The molecule has 1 rings (SSSR count). The van der Waals surface area contributed by atoms with Gasteiger partial charge in [-0.15, -0.1) is 0 Å². The second-order valence-corrected chi connectivity index (χ2v) is 5.12. The van der Waals surface area contributed by atoms with Crippen LogP contribution in [0.5, 0.6) is 0 Å². The molecule has 0 aliphatic heterocycles. The van der Waals surface area contributed by atoms with Crippen LogP contribution in [0, 0.1) is 0 Å². The van der Waals surface area contributed by atoms with Gasteiger partial charge in [0.25, 0.3) is 0 Å². The molecule has 0 fully saturated rings. The van der Waals surface area contributed by atoms with Crippen LogP contribution in [0.4, 0.5) is 0 Å². The smallest absolute Gasteiger partial charge is 0.0475 e. The largest absolute Gasteiger partial charge is 0.329 e. The minimum absolute atomic E-state index is 0.147. The Hall–Kier alpha value is -0.860. The second kappa shape index (κ2) is 5.46. The van der Waals surface area contributed by atoms with Crippen LogP contribution in [0.3, 0.4) is 0 Å². The summed E-state index contributed by atoms with van der Waals surface area (Å²) in [6.45, 7) is 10.6. The summed E-state index contributed by atoms with van der Waals surface area (Å²) < 4.78 is 0. The van der Waals surface area contributed by atoms with Gasteiger partial charge in [0.1, 0.15) is 0 Å². The highest BCUT2D eigenvalue weighted by atomic mass is 15.2. The quantitative estimate of drug-likeness (QED) is 0.845. The highest BCUT2D eigenvalue weighted by molar-refractivity contribution is 5.20. The average Bonchev–Trinajstić information content (AvgIpc) is 2.25. The van der Waals surface area contributed by atoms with Gasteiger partial charge in [-0.2, -0.15) is 0 Å². The Morgan fingerprint density at radius 1 is 1.19 bits per heavy atom. The van der Waals surface area contributed by atoms with E-state index in [0.29, 0.717) is 12.6 Å². The van der Waals surface area contributed by atoms with Crippen LogP contribution >= 0.6 is 0 Å². The Morgan fingerprint density at radius 2 is 1.75 bits per heavy atom. The van der Waals surface area contributed by atoms with Gasteiger partial charge in [-0.25, -0.2) is 0 Å². The molecule has 0 heterocycles. The minimum atomic E-state index is 0.147. The number of hydrogen-bond donors (Lipinski definition) is 1. The summed E-state index contributed by atoms with van der Waals surface area (Å²) in [5.41, 5.74) is 7.39. The molecule has 0 radical (unpaired) electrons. The first-order chi connectivity index (χ1) is 7.50. The van der Waals surface area contributed by atoms with Crippen molar-refractivity contribution in [1.82, 2.24) is 4.90 Å². The van der Waals surface area contributed by atoms with Crippen molar-refractivity contribution in [3.63, 3.8) is 0 Å². The van der Waals surface area contributed by atoms with Crippen LogP contribution in [-0.2, 0) is 0 Å². The fourth-order valence-electron chi connectivity index (χ4n) is 2.28. The van der Waals surface area contributed by atoms with E-state index in [4.69, 9.17) is 5.73 Å². The van der Waals surface area contributed by atoms with Crippen LogP contribution in [0.15, 0.2) is 30.3 Å². The molecule has 1 unspecified atom stereocenters. The molecule has 1 aromatic rings. The number of nitrogens with zero attached hydrogens (tertiary/aromatic N) is 1. The third-order valence-corrected chi connectivity index (χ3v) is 2.99. The van der Waals surface area contributed by atoms with Crippen molar-refractivity contribution >= 4 is 0 Å².